The van der Waals surface area contributed by atoms with Gasteiger partial charge >= 0.3 is 0 Å². The van der Waals surface area contributed by atoms with E-state index in [1.165, 1.54) is 49.9 Å². The van der Waals surface area contributed by atoms with Gasteiger partial charge in [-0.05, 0) is 44.7 Å². The molecule has 20 heavy (non-hydrogen) atoms. The minimum absolute atomic E-state index is 0.491. The topological polar surface area (TPSA) is 29.9 Å². The smallest absolute Gasteiger partial charge is 0.0625 e. The minimum atomic E-state index is 0.491. The van der Waals surface area contributed by atoms with Gasteiger partial charge in [0, 0.05) is 12.6 Å². The zero-order valence-electron chi connectivity index (χ0n) is 13.5. The summed E-state index contributed by atoms with van der Waals surface area (Å²) in [6, 6.07) is 2.82. The van der Waals surface area contributed by atoms with E-state index in [0.717, 1.165) is 25.4 Å². The van der Waals surface area contributed by atoms with Crippen LogP contribution in [0, 0.1) is 5.92 Å². The molecular weight excluding hydrogens is 246 g/mol. The van der Waals surface area contributed by atoms with Gasteiger partial charge in [-0.3, -0.25) is 4.68 Å². The monoisotopic (exact) mass is 277 g/mol. The van der Waals surface area contributed by atoms with Crippen LogP contribution in [0.3, 0.4) is 0 Å². The Kier molecular flexibility index (Phi) is 6.08. The van der Waals surface area contributed by atoms with Crippen molar-refractivity contribution in [1.29, 1.82) is 0 Å². The van der Waals surface area contributed by atoms with Crippen molar-refractivity contribution in [2.24, 2.45) is 5.92 Å². The van der Waals surface area contributed by atoms with Crippen molar-refractivity contribution in [2.45, 2.75) is 78.3 Å². The van der Waals surface area contributed by atoms with E-state index in [2.05, 4.69) is 36.8 Å². The molecule has 0 bridgehead atoms. The first-order valence-electron chi connectivity index (χ1n) is 8.58. The Balaban J connectivity index is 2.13. The lowest BCUT2D eigenvalue weighted by atomic mass is 9.96. The van der Waals surface area contributed by atoms with Crippen LogP contribution in [-0.2, 0) is 13.0 Å². The van der Waals surface area contributed by atoms with Crippen LogP contribution >= 0.6 is 0 Å². The van der Waals surface area contributed by atoms with Crippen molar-refractivity contribution in [3.05, 3.63) is 17.5 Å². The van der Waals surface area contributed by atoms with Crippen LogP contribution in [0.15, 0.2) is 6.07 Å². The maximum absolute atomic E-state index is 4.73. The van der Waals surface area contributed by atoms with Gasteiger partial charge in [0.05, 0.1) is 11.4 Å². The van der Waals surface area contributed by atoms with Gasteiger partial charge < -0.3 is 5.32 Å². The number of rotatable bonds is 8. The van der Waals surface area contributed by atoms with Crippen LogP contribution in [-0.4, -0.2) is 16.3 Å². The van der Waals surface area contributed by atoms with Crippen LogP contribution in [0.2, 0.25) is 0 Å². The van der Waals surface area contributed by atoms with Crippen LogP contribution in [0.4, 0.5) is 0 Å². The molecule has 1 heterocycles. The van der Waals surface area contributed by atoms with Crippen LogP contribution in [0.5, 0.6) is 0 Å². The maximum atomic E-state index is 4.73. The summed E-state index contributed by atoms with van der Waals surface area (Å²) in [6.07, 6.45) is 9.22. The summed E-state index contributed by atoms with van der Waals surface area (Å²) in [6.45, 7) is 8.71. The number of aryl methyl sites for hydroxylation is 2. The fraction of sp³-hybridized carbons (Fsp3) is 0.824. The highest BCUT2D eigenvalue weighted by atomic mass is 15.3. The molecular formula is C17H31N3. The Morgan fingerprint density at radius 2 is 2.05 bits per heavy atom. The first-order chi connectivity index (χ1) is 9.78. The molecule has 0 aliphatic heterocycles. The molecule has 1 unspecified atom stereocenters. The Morgan fingerprint density at radius 3 is 2.65 bits per heavy atom. The summed E-state index contributed by atoms with van der Waals surface area (Å²) in [4.78, 5) is 0. The fourth-order valence-electron chi connectivity index (χ4n) is 3.40. The lowest BCUT2D eigenvalue weighted by Crippen LogP contribution is -2.26. The molecule has 1 atom stereocenters. The van der Waals surface area contributed by atoms with E-state index in [1.807, 2.05) is 0 Å². The van der Waals surface area contributed by atoms with Gasteiger partial charge in [-0.15, -0.1) is 0 Å². The van der Waals surface area contributed by atoms with E-state index in [9.17, 15) is 0 Å². The Morgan fingerprint density at radius 1 is 1.30 bits per heavy atom. The highest BCUT2D eigenvalue weighted by Crippen LogP contribution is 2.33. The highest BCUT2D eigenvalue weighted by molar-refractivity contribution is 5.15. The Labute approximate surface area is 124 Å². The van der Waals surface area contributed by atoms with Gasteiger partial charge in [0.15, 0.2) is 0 Å². The maximum Gasteiger partial charge on any atom is 0.0625 e. The summed E-state index contributed by atoms with van der Waals surface area (Å²) >= 11 is 0. The van der Waals surface area contributed by atoms with Gasteiger partial charge in [-0.25, -0.2) is 0 Å². The molecule has 0 amide bonds. The molecule has 1 aliphatic carbocycles. The summed E-state index contributed by atoms with van der Waals surface area (Å²) in [5.74, 6) is 0.912. The zero-order valence-corrected chi connectivity index (χ0v) is 13.5. The van der Waals surface area contributed by atoms with E-state index < -0.39 is 0 Å². The van der Waals surface area contributed by atoms with Gasteiger partial charge in [0.2, 0.25) is 0 Å². The molecule has 0 aromatic carbocycles. The van der Waals surface area contributed by atoms with Crippen molar-refractivity contribution in [2.75, 3.05) is 6.54 Å². The molecule has 114 valence electrons. The third-order valence-electron chi connectivity index (χ3n) is 4.57. The second-order valence-electron chi connectivity index (χ2n) is 6.12. The standard InChI is InChI=1S/C17H31N3/c1-4-11-18-16(12-14-9-7-8-10-14)17-13-15(5-2)19-20(17)6-3/h13-14,16,18H,4-12H2,1-3H3. The van der Waals surface area contributed by atoms with Crippen molar-refractivity contribution < 1.29 is 0 Å². The lowest BCUT2D eigenvalue weighted by molar-refractivity contribution is 0.376. The van der Waals surface area contributed by atoms with E-state index in [1.54, 1.807) is 0 Å². The van der Waals surface area contributed by atoms with Gasteiger partial charge in [0.1, 0.15) is 0 Å². The van der Waals surface area contributed by atoms with Crippen molar-refractivity contribution >= 4 is 0 Å². The molecule has 1 fully saturated rings. The molecule has 1 aliphatic rings. The molecule has 1 N–H and O–H groups in total. The molecule has 3 nitrogen and oxygen atoms in total. The Hall–Kier alpha value is -0.830. The van der Waals surface area contributed by atoms with Gasteiger partial charge in [-0.2, -0.15) is 5.10 Å². The summed E-state index contributed by atoms with van der Waals surface area (Å²) < 4.78 is 2.21. The van der Waals surface area contributed by atoms with E-state index in [0.29, 0.717) is 6.04 Å². The van der Waals surface area contributed by atoms with Crippen molar-refractivity contribution in [1.82, 2.24) is 15.1 Å². The number of nitrogens with zero attached hydrogens (tertiary/aromatic N) is 2. The molecule has 0 radical (unpaired) electrons. The predicted molar refractivity (Wildman–Crippen MR) is 84.9 cm³/mol. The molecule has 1 aromatic heterocycles. The molecule has 1 aromatic rings. The lowest BCUT2D eigenvalue weighted by Gasteiger charge is -2.22. The average molecular weight is 277 g/mol. The third kappa shape index (κ3) is 3.85. The second-order valence-corrected chi connectivity index (χ2v) is 6.12. The van der Waals surface area contributed by atoms with E-state index >= 15 is 0 Å². The van der Waals surface area contributed by atoms with E-state index in [-0.39, 0.29) is 0 Å². The summed E-state index contributed by atoms with van der Waals surface area (Å²) in [5.41, 5.74) is 2.64. The molecule has 3 heteroatoms. The zero-order chi connectivity index (χ0) is 14.4. The third-order valence-corrected chi connectivity index (χ3v) is 4.57. The minimum Gasteiger partial charge on any atom is -0.309 e. The number of nitrogens with one attached hydrogen (secondary N) is 1. The number of hydrogen-bond acceptors (Lipinski definition) is 2. The van der Waals surface area contributed by atoms with Crippen molar-refractivity contribution in [3.8, 4) is 0 Å². The summed E-state index contributed by atoms with van der Waals surface area (Å²) in [5, 5.41) is 8.49. The summed E-state index contributed by atoms with van der Waals surface area (Å²) in [7, 11) is 0. The molecule has 2 rings (SSSR count). The number of hydrogen-bond donors (Lipinski definition) is 1. The Bertz CT molecular complexity index is 391. The highest BCUT2D eigenvalue weighted by Gasteiger charge is 2.23. The SMILES string of the molecule is CCCNC(CC1CCCC1)c1cc(CC)nn1CC. The van der Waals surface area contributed by atoms with Gasteiger partial charge in [0.25, 0.3) is 0 Å². The molecule has 0 saturated heterocycles. The molecule has 0 spiro atoms. The molecule has 1 saturated carbocycles. The van der Waals surface area contributed by atoms with Crippen LogP contribution in [0.1, 0.15) is 76.7 Å². The predicted octanol–water partition coefficient (Wildman–Crippen LogP) is 4.09. The number of aromatic nitrogens is 2. The van der Waals surface area contributed by atoms with Crippen molar-refractivity contribution in [3.63, 3.8) is 0 Å². The normalized spacial score (nSPS) is 17.8. The first-order valence-corrected chi connectivity index (χ1v) is 8.58. The quantitative estimate of drug-likeness (QED) is 0.775. The van der Waals surface area contributed by atoms with E-state index in [4.69, 9.17) is 5.10 Å². The first kappa shape index (κ1) is 15.6. The second kappa shape index (κ2) is 7.82. The van der Waals surface area contributed by atoms with Crippen LogP contribution < -0.4 is 5.32 Å². The average Bonchev–Trinajstić information content (AvgIpc) is 3.12. The van der Waals surface area contributed by atoms with Gasteiger partial charge in [-0.1, -0.05) is 39.5 Å². The van der Waals surface area contributed by atoms with Crippen LogP contribution in [0.25, 0.3) is 0 Å². The largest absolute Gasteiger partial charge is 0.309 e. The fourth-order valence-corrected chi connectivity index (χ4v) is 3.40.